The molecule has 1 aromatic heterocycles. The normalized spacial score (nSPS) is 20.6. The zero-order chi connectivity index (χ0) is 21.3. The maximum Gasteiger partial charge on any atom is 0.243 e. The van der Waals surface area contributed by atoms with Crippen molar-refractivity contribution in [2.45, 2.75) is 43.2 Å². The Morgan fingerprint density at radius 1 is 1.13 bits per heavy atom. The van der Waals surface area contributed by atoms with Crippen molar-refractivity contribution in [2.75, 3.05) is 39.6 Å². The van der Waals surface area contributed by atoms with E-state index in [1.165, 1.54) is 0 Å². The van der Waals surface area contributed by atoms with E-state index in [0.717, 1.165) is 55.8 Å². The highest BCUT2D eigenvalue weighted by molar-refractivity contribution is 7.89. The van der Waals surface area contributed by atoms with Crippen LogP contribution in [0.2, 0.25) is 0 Å². The molecule has 0 aliphatic carbocycles. The van der Waals surface area contributed by atoms with E-state index in [1.54, 1.807) is 35.7 Å². The van der Waals surface area contributed by atoms with Gasteiger partial charge in [-0.05, 0) is 44.2 Å². The maximum atomic E-state index is 13.5. The zero-order valence-corrected chi connectivity index (χ0v) is 18.6. The second kappa shape index (κ2) is 8.49. The molecule has 2 aliphatic rings. The average molecular weight is 432 g/mol. The third-order valence-corrected chi connectivity index (χ3v) is 7.85. The lowest BCUT2D eigenvalue weighted by molar-refractivity contribution is 0.244. The summed E-state index contributed by atoms with van der Waals surface area (Å²) < 4.78 is 33.7. The van der Waals surface area contributed by atoms with Crippen molar-refractivity contribution in [1.29, 1.82) is 0 Å². The van der Waals surface area contributed by atoms with E-state index >= 15 is 0 Å². The van der Waals surface area contributed by atoms with E-state index < -0.39 is 10.0 Å². The van der Waals surface area contributed by atoms with Gasteiger partial charge in [-0.2, -0.15) is 4.31 Å². The quantitative estimate of drug-likeness (QED) is 0.778. The molecule has 0 unspecified atom stereocenters. The Hall–Kier alpha value is -2.23. The van der Waals surface area contributed by atoms with Crippen molar-refractivity contribution in [3.05, 3.63) is 41.3 Å². The number of hydrogen-bond donors (Lipinski definition) is 1. The van der Waals surface area contributed by atoms with Gasteiger partial charge < -0.3 is 15.0 Å². The number of rotatable bonds is 5. The number of nitrogens with one attached hydrogen (secondary N) is 1. The molecule has 1 aromatic carbocycles. The summed E-state index contributed by atoms with van der Waals surface area (Å²) in [6, 6.07) is 6.20. The molecule has 162 valence electrons. The lowest BCUT2D eigenvalue weighted by atomic mass is 10.0. The van der Waals surface area contributed by atoms with Gasteiger partial charge >= 0.3 is 0 Å². The lowest BCUT2D eigenvalue weighted by Crippen LogP contribution is -2.39. The van der Waals surface area contributed by atoms with E-state index in [9.17, 15) is 8.42 Å². The summed E-state index contributed by atoms with van der Waals surface area (Å²) in [6.45, 7) is 2.20. The molecule has 0 bridgehead atoms. The van der Waals surface area contributed by atoms with E-state index in [1.807, 2.05) is 7.05 Å². The minimum atomic E-state index is -3.66. The highest BCUT2D eigenvalue weighted by atomic mass is 32.2. The maximum absolute atomic E-state index is 13.5. The van der Waals surface area contributed by atoms with E-state index in [2.05, 4.69) is 17.3 Å². The Morgan fingerprint density at radius 2 is 1.90 bits per heavy atom. The lowest BCUT2D eigenvalue weighted by Gasteiger charge is -2.35. The Bertz CT molecular complexity index is 993. The van der Waals surface area contributed by atoms with Crippen molar-refractivity contribution < 1.29 is 13.2 Å². The van der Waals surface area contributed by atoms with Gasteiger partial charge in [-0.3, -0.25) is 0 Å². The van der Waals surface area contributed by atoms with Crippen LogP contribution in [0.25, 0.3) is 0 Å². The van der Waals surface area contributed by atoms with Crippen LogP contribution in [0.15, 0.2) is 29.2 Å². The predicted octanol–water partition coefficient (Wildman–Crippen LogP) is 2.43. The van der Waals surface area contributed by atoms with Gasteiger partial charge in [0.1, 0.15) is 17.4 Å². The fourth-order valence-electron chi connectivity index (χ4n) is 4.26. The molecule has 1 N–H and O–H groups in total. The van der Waals surface area contributed by atoms with Crippen LogP contribution < -0.4 is 10.1 Å². The van der Waals surface area contributed by atoms with E-state index in [-0.39, 0.29) is 10.9 Å². The standard InChI is InChI=1S/C21H29N5O3S/c1-22-20-17-14-25(2)13-11-18(17)23-21(24-20)19-6-4-5-12-26(19)30(27,28)16-9-7-15(29-3)8-10-16/h7-10,19H,4-6,11-14H2,1-3H3,(H,22,23,24)/t19-/m0/s1. The number of nitrogens with zero attached hydrogens (tertiary/aromatic N) is 4. The Kier molecular flexibility index (Phi) is 5.95. The number of methoxy groups -OCH3 is 1. The number of sulfonamides is 1. The fraction of sp³-hybridized carbons (Fsp3) is 0.524. The molecule has 2 aliphatic heterocycles. The number of likely N-dealkylation sites (N-methyl/N-ethyl adjacent to an activating group) is 1. The molecule has 30 heavy (non-hydrogen) atoms. The molecule has 8 nitrogen and oxygen atoms in total. The molecule has 1 saturated heterocycles. The SMILES string of the molecule is CNc1nc([C@@H]2CCCCN2S(=O)(=O)c2ccc(OC)cc2)nc2c1CN(C)CC2. The molecule has 0 spiro atoms. The first-order valence-corrected chi connectivity index (χ1v) is 11.8. The van der Waals surface area contributed by atoms with Crippen LogP contribution >= 0.6 is 0 Å². The number of benzene rings is 1. The third-order valence-electron chi connectivity index (χ3n) is 5.92. The van der Waals surface area contributed by atoms with Crippen molar-refractivity contribution in [3.8, 4) is 5.75 Å². The summed E-state index contributed by atoms with van der Waals surface area (Å²) in [5, 5.41) is 3.19. The van der Waals surface area contributed by atoms with Gasteiger partial charge in [0.05, 0.1) is 23.7 Å². The van der Waals surface area contributed by atoms with Gasteiger partial charge in [-0.15, -0.1) is 0 Å². The first-order valence-electron chi connectivity index (χ1n) is 10.4. The molecule has 1 atom stereocenters. The Morgan fingerprint density at radius 3 is 2.60 bits per heavy atom. The predicted molar refractivity (Wildman–Crippen MR) is 115 cm³/mol. The minimum absolute atomic E-state index is 0.267. The van der Waals surface area contributed by atoms with Crippen molar-refractivity contribution >= 4 is 15.8 Å². The number of ether oxygens (including phenoxy) is 1. The third kappa shape index (κ3) is 3.89. The van der Waals surface area contributed by atoms with Crippen LogP contribution in [0.3, 0.4) is 0 Å². The average Bonchev–Trinajstić information content (AvgIpc) is 2.78. The van der Waals surface area contributed by atoms with Crippen LogP contribution in [0.4, 0.5) is 5.82 Å². The molecular weight excluding hydrogens is 402 g/mol. The topological polar surface area (TPSA) is 87.7 Å². The number of hydrogen-bond acceptors (Lipinski definition) is 7. The number of fused-ring (bicyclic) bond motifs is 1. The smallest absolute Gasteiger partial charge is 0.243 e. The van der Waals surface area contributed by atoms with Crippen molar-refractivity contribution in [2.24, 2.45) is 0 Å². The molecule has 0 amide bonds. The molecule has 9 heteroatoms. The van der Waals surface area contributed by atoms with Gasteiger partial charge in [0.25, 0.3) is 0 Å². The highest BCUT2D eigenvalue weighted by Crippen LogP contribution is 2.36. The van der Waals surface area contributed by atoms with Gasteiger partial charge in [-0.1, -0.05) is 6.42 Å². The van der Waals surface area contributed by atoms with Crippen LogP contribution in [-0.4, -0.2) is 61.9 Å². The largest absolute Gasteiger partial charge is 0.497 e. The Labute approximate surface area is 178 Å². The highest BCUT2D eigenvalue weighted by Gasteiger charge is 2.37. The zero-order valence-electron chi connectivity index (χ0n) is 17.8. The first-order chi connectivity index (χ1) is 14.4. The summed E-state index contributed by atoms with van der Waals surface area (Å²) in [4.78, 5) is 12.1. The molecular formula is C21H29N5O3S. The summed E-state index contributed by atoms with van der Waals surface area (Å²) in [5.41, 5.74) is 2.13. The summed E-state index contributed by atoms with van der Waals surface area (Å²) in [6.07, 6.45) is 3.35. The van der Waals surface area contributed by atoms with Crippen molar-refractivity contribution in [3.63, 3.8) is 0 Å². The number of aromatic nitrogens is 2. The van der Waals surface area contributed by atoms with Crippen LogP contribution in [0.1, 0.15) is 42.4 Å². The van der Waals surface area contributed by atoms with Crippen molar-refractivity contribution in [1.82, 2.24) is 19.2 Å². The van der Waals surface area contributed by atoms with Crippen LogP contribution in [0.5, 0.6) is 5.75 Å². The molecule has 3 heterocycles. The summed E-state index contributed by atoms with van der Waals surface area (Å²) in [7, 11) is 1.84. The van der Waals surface area contributed by atoms with Gasteiger partial charge in [0, 0.05) is 38.7 Å². The number of piperidine rings is 1. The molecule has 2 aromatic rings. The van der Waals surface area contributed by atoms with Gasteiger partial charge in [-0.25, -0.2) is 18.4 Å². The van der Waals surface area contributed by atoms with Gasteiger partial charge in [0.2, 0.25) is 10.0 Å². The molecule has 0 saturated carbocycles. The Balaban J connectivity index is 1.72. The van der Waals surface area contributed by atoms with E-state index in [4.69, 9.17) is 14.7 Å². The van der Waals surface area contributed by atoms with Crippen LogP contribution in [0, 0.1) is 0 Å². The molecule has 4 rings (SSSR count). The van der Waals surface area contributed by atoms with Crippen LogP contribution in [-0.2, 0) is 23.0 Å². The second-order valence-corrected chi connectivity index (χ2v) is 9.79. The molecule has 1 fully saturated rings. The molecule has 0 radical (unpaired) electrons. The second-order valence-electron chi connectivity index (χ2n) is 7.90. The fourth-order valence-corrected chi connectivity index (χ4v) is 5.91. The summed E-state index contributed by atoms with van der Waals surface area (Å²) >= 11 is 0. The number of anilines is 1. The van der Waals surface area contributed by atoms with Gasteiger partial charge in [0.15, 0.2) is 0 Å². The summed E-state index contributed by atoms with van der Waals surface area (Å²) in [5.74, 6) is 2.03. The first kappa shape index (κ1) is 21.0. The monoisotopic (exact) mass is 431 g/mol. The minimum Gasteiger partial charge on any atom is -0.497 e. The van der Waals surface area contributed by atoms with E-state index in [0.29, 0.717) is 18.1 Å².